The van der Waals surface area contributed by atoms with Gasteiger partial charge < -0.3 is 28.6 Å². The van der Waals surface area contributed by atoms with Gasteiger partial charge in [0.05, 0.1) is 25.7 Å². The van der Waals surface area contributed by atoms with Gasteiger partial charge in [-0.15, -0.1) is 0 Å². The summed E-state index contributed by atoms with van der Waals surface area (Å²) in [6, 6.07) is -0.518. The molecule has 0 N–H and O–H groups in total. The van der Waals surface area contributed by atoms with Crippen molar-refractivity contribution in [3.05, 3.63) is 0 Å². The third-order valence-electron chi connectivity index (χ3n) is 15.8. The van der Waals surface area contributed by atoms with Crippen LogP contribution >= 0.6 is 0 Å². The normalized spacial score (nSPS) is 15.0. The van der Waals surface area contributed by atoms with Gasteiger partial charge >= 0.3 is 23.9 Å². The van der Waals surface area contributed by atoms with Crippen LogP contribution in [-0.4, -0.2) is 105 Å². The minimum absolute atomic E-state index is 0.0823. The Labute approximate surface area is 475 Å². The molecule has 0 spiro atoms. The molecule has 454 valence electrons. The minimum Gasteiger partial charge on any atom is -0.466 e. The molecule has 1 aliphatic heterocycles. The highest BCUT2D eigenvalue weighted by molar-refractivity contribution is 5.76. The van der Waals surface area contributed by atoms with Gasteiger partial charge in [-0.05, 0) is 78.4 Å². The van der Waals surface area contributed by atoms with Crippen LogP contribution in [0.2, 0.25) is 0 Å². The molecule has 1 heterocycles. The first-order valence-electron chi connectivity index (χ1n) is 33.3. The average Bonchev–Trinajstić information content (AvgIpc) is 3.81. The highest BCUT2D eigenvalue weighted by Crippen LogP contribution is 2.34. The van der Waals surface area contributed by atoms with Gasteiger partial charge in [-0.3, -0.25) is 24.1 Å². The molecule has 11 nitrogen and oxygen atoms in total. The molecule has 1 fully saturated rings. The molecule has 11 heteroatoms. The van der Waals surface area contributed by atoms with Crippen LogP contribution < -0.4 is 0 Å². The Morgan fingerprint density at radius 3 is 1.39 bits per heavy atom. The predicted octanol–water partition coefficient (Wildman–Crippen LogP) is 17.9. The topological polar surface area (TPSA) is 121 Å². The van der Waals surface area contributed by atoms with E-state index in [0.29, 0.717) is 58.3 Å². The molecule has 1 saturated heterocycles. The maximum atomic E-state index is 14.1. The van der Waals surface area contributed by atoms with Crippen molar-refractivity contribution in [1.82, 2.24) is 9.80 Å². The Bertz CT molecular complexity index is 1350. The Kier molecular flexibility index (Phi) is 49.0. The van der Waals surface area contributed by atoms with E-state index in [1.165, 1.54) is 161 Å². The lowest BCUT2D eigenvalue weighted by molar-refractivity contribution is -0.259. The first-order valence-corrected chi connectivity index (χ1v) is 33.3. The highest BCUT2D eigenvalue weighted by Gasteiger charge is 2.40. The van der Waals surface area contributed by atoms with Crippen molar-refractivity contribution in [2.75, 3.05) is 46.9 Å². The molecule has 77 heavy (non-hydrogen) atoms. The van der Waals surface area contributed by atoms with Crippen LogP contribution in [0.3, 0.4) is 0 Å². The van der Waals surface area contributed by atoms with Gasteiger partial charge in [-0.2, -0.15) is 0 Å². The Balaban J connectivity index is 2.96. The molecule has 1 aliphatic rings. The summed E-state index contributed by atoms with van der Waals surface area (Å²) in [4.78, 5) is 57.1. The second kappa shape index (κ2) is 51.9. The predicted molar refractivity (Wildman–Crippen MR) is 320 cm³/mol. The summed E-state index contributed by atoms with van der Waals surface area (Å²) < 4.78 is 31.4. The number of unbranched alkanes of at least 4 members (excludes halogenated alkanes) is 31. The van der Waals surface area contributed by atoms with Gasteiger partial charge in [0.25, 0.3) is 0 Å². The average molecular weight is 1090 g/mol. The number of nitrogens with zero attached hydrogens (tertiary/aromatic N) is 2. The van der Waals surface area contributed by atoms with Crippen molar-refractivity contribution in [3.63, 3.8) is 0 Å². The number of esters is 4. The molecule has 0 amide bonds. The zero-order chi connectivity index (χ0) is 56.3. The molecule has 0 saturated carbocycles. The molecule has 0 aromatic rings. The van der Waals surface area contributed by atoms with E-state index in [0.717, 1.165) is 96.3 Å². The number of likely N-dealkylation sites (tertiary alicyclic amines) is 1. The van der Waals surface area contributed by atoms with Gasteiger partial charge in [0.2, 0.25) is 5.79 Å². The molecular weight excluding hydrogens is 965 g/mol. The van der Waals surface area contributed by atoms with Crippen molar-refractivity contribution >= 4 is 23.9 Å². The van der Waals surface area contributed by atoms with E-state index in [1.54, 1.807) is 0 Å². The summed E-state index contributed by atoms with van der Waals surface area (Å²) in [6.07, 6.45) is 48.2. The van der Waals surface area contributed by atoms with Crippen molar-refractivity contribution in [3.8, 4) is 0 Å². The van der Waals surface area contributed by atoms with Crippen molar-refractivity contribution in [1.29, 1.82) is 0 Å². The molecule has 0 bridgehead atoms. The molecule has 0 unspecified atom stereocenters. The van der Waals surface area contributed by atoms with Crippen molar-refractivity contribution in [2.45, 2.75) is 354 Å². The third-order valence-corrected chi connectivity index (χ3v) is 15.8. The highest BCUT2D eigenvalue weighted by atomic mass is 16.7. The zero-order valence-electron chi connectivity index (χ0n) is 51.9. The maximum absolute atomic E-state index is 14.1. The smallest absolute Gasteiger partial charge is 0.323 e. The van der Waals surface area contributed by atoms with Crippen LogP contribution in [0.1, 0.15) is 330 Å². The van der Waals surface area contributed by atoms with E-state index < -0.39 is 11.8 Å². The van der Waals surface area contributed by atoms with Gasteiger partial charge in [0.1, 0.15) is 12.1 Å². The van der Waals surface area contributed by atoms with E-state index in [-0.39, 0.29) is 49.1 Å². The molecule has 1 rings (SSSR count). The number of rotatable bonds is 57. The first kappa shape index (κ1) is 72.8. The molecular formula is C66H126N2O9. The number of hydrogen-bond donors (Lipinski definition) is 0. The molecule has 0 aromatic heterocycles. The summed E-state index contributed by atoms with van der Waals surface area (Å²) in [7, 11) is 3.86. The van der Waals surface area contributed by atoms with Crippen LogP contribution in [-0.2, 0) is 42.9 Å². The molecule has 2 atom stereocenters. The van der Waals surface area contributed by atoms with Gasteiger partial charge in [0, 0.05) is 45.2 Å². The molecule has 0 aromatic carbocycles. The lowest BCUT2D eigenvalue weighted by atomic mass is 9.97. The zero-order valence-corrected chi connectivity index (χ0v) is 51.9. The first-order chi connectivity index (χ1) is 37.5. The van der Waals surface area contributed by atoms with Gasteiger partial charge in [-0.25, -0.2) is 0 Å². The third kappa shape index (κ3) is 42.3. The standard InChI is InChI=1S/C66H126N2O9/c1-8-13-18-23-28-29-30-35-44-55-73-62(69)48-39-36-43-53-68-58-60(75-63(70)50-54-67(6)7)57-61(68)65(72)74-56-45-40-49-64(71)77-66(51-41-33-26-21-16-11-4,52-42-34-27-22-17-12-5)76-59(46-37-31-24-19-14-9-2)47-38-32-25-20-15-10-3/h59-61H,8-58H2,1-7H3/t60-,61+/m1/s1. The maximum Gasteiger partial charge on any atom is 0.323 e. The second-order valence-corrected chi connectivity index (χ2v) is 23.7. The van der Waals surface area contributed by atoms with E-state index in [2.05, 4.69) is 39.5 Å². The summed E-state index contributed by atoms with van der Waals surface area (Å²) in [5, 5.41) is 0. The van der Waals surface area contributed by atoms with E-state index in [9.17, 15) is 19.2 Å². The summed E-state index contributed by atoms with van der Waals surface area (Å²) in [5.74, 6) is -1.83. The SMILES string of the molecule is CCCCCCCCCCCOC(=O)CCCCCN1C[C@H](OC(=O)CCN(C)C)C[C@H]1C(=O)OCCCCC(=O)OC(CCCCCCCC)(CCCCCCCC)OC(CCCCCCCC)CCCCCCCC. The lowest BCUT2D eigenvalue weighted by Gasteiger charge is -2.37. The van der Waals surface area contributed by atoms with Crippen molar-refractivity contribution in [2.24, 2.45) is 0 Å². The second-order valence-electron chi connectivity index (χ2n) is 23.7. The van der Waals surface area contributed by atoms with Crippen LogP contribution in [0.5, 0.6) is 0 Å². The quantitative estimate of drug-likeness (QED) is 0.0250. The summed E-state index contributed by atoms with van der Waals surface area (Å²) >= 11 is 0. The number of ether oxygens (including phenoxy) is 5. The van der Waals surface area contributed by atoms with Crippen LogP contribution in [0.4, 0.5) is 0 Å². The Morgan fingerprint density at radius 2 is 0.883 bits per heavy atom. The fourth-order valence-electron chi connectivity index (χ4n) is 10.9. The van der Waals surface area contributed by atoms with Crippen LogP contribution in [0.15, 0.2) is 0 Å². The van der Waals surface area contributed by atoms with Crippen molar-refractivity contribution < 1.29 is 42.9 Å². The lowest BCUT2D eigenvalue weighted by Crippen LogP contribution is -2.42. The fraction of sp³-hybridized carbons (Fsp3) is 0.939. The Morgan fingerprint density at radius 1 is 0.468 bits per heavy atom. The monoisotopic (exact) mass is 1090 g/mol. The summed E-state index contributed by atoms with van der Waals surface area (Å²) in [5.41, 5.74) is 0. The fourth-order valence-corrected chi connectivity index (χ4v) is 10.9. The number of carbonyl (C=O) groups is 4. The van der Waals surface area contributed by atoms with Crippen LogP contribution in [0, 0.1) is 0 Å². The van der Waals surface area contributed by atoms with E-state index in [4.69, 9.17) is 23.7 Å². The minimum atomic E-state index is -0.914. The van der Waals surface area contributed by atoms with E-state index >= 15 is 0 Å². The van der Waals surface area contributed by atoms with Crippen LogP contribution in [0.25, 0.3) is 0 Å². The number of hydrogen-bond acceptors (Lipinski definition) is 11. The Hall–Kier alpha value is -2.24. The van der Waals surface area contributed by atoms with Gasteiger partial charge in [-0.1, -0.05) is 234 Å². The number of carbonyl (C=O) groups excluding carboxylic acids is 4. The summed E-state index contributed by atoms with van der Waals surface area (Å²) in [6.45, 7) is 13.7. The van der Waals surface area contributed by atoms with E-state index in [1.807, 2.05) is 19.0 Å². The molecule has 0 radical (unpaired) electrons. The van der Waals surface area contributed by atoms with Gasteiger partial charge in [0.15, 0.2) is 0 Å². The largest absolute Gasteiger partial charge is 0.466 e. The molecule has 0 aliphatic carbocycles.